The molecule has 124 valence electrons. The first kappa shape index (κ1) is 16.5. The molecule has 0 unspecified atom stereocenters. The maximum absolute atomic E-state index is 13.1. The van der Waals surface area contributed by atoms with Crippen molar-refractivity contribution in [2.24, 2.45) is 16.0 Å². The second kappa shape index (κ2) is 7.49. The summed E-state index contributed by atoms with van der Waals surface area (Å²) in [6, 6.07) is 9.78. The highest BCUT2D eigenvalue weighted by molar-refractivity contribution is 7.09. The van der Waals surface area contributed by atoms with Gasteiger partial charge in [0.2, 0.25) is 0 Å². The number of halogens is 1. The molecule has 1 atom stereocenters. The van der Waals surface area contributed by atoms with Gasteiger partial charge in [0.05, 0.1) is 17.9 Å². The molecule has 0 aliphatic carbocycles. The summed E-state index contributed by atoms with van der Waals surface area (Å²) in [4.78, 5) is 18.3. The normalized spacial score (nSPS) is 17.8. The van der Waals surface area contributed by atoms with Gasteiger partial charge < -0.3 is 0 Å². The van der Waals surface area contributed by atoms with E-state index in [-0.39, 0.29) is 11.7 Å². The van der Waals surface area contributed by atoms with Gasteiger partial charge >= 0.3 is 0 Å². The SMILES string of the molecule is CCCC1=NN(c2ccc(F)cc2)C(=O)[C@H]1C=NCc1cccs1. The first-order chi connectivity index (χ1) is 11.7. The van der Waals surface area contributed by atoms with Gasteiger partial charge in [-0.25, -0.2) is 4.39 Å². The minimum Gasteiger partial charge on any atom is -0.291 e. The second-order valence-corrected chi connectivity index (χ2v) is 6.55. The molecular weight excluding hydrogens is 325 g/mol. The lowest BCUT2D eigenvalue weighted by Crippen LogP contribution is -2.28. The summed E-state index contributed by atoms with van der Waals surface area (Å²) in [5.41, 5.74) is 1.38. The van der Waals surface area contributed by atoms with E-state index in [0.717, 1.165) is 23.4 Å². The zero-order valence-corrected chi connectivity index (χ0v) is 14.2. The number of hydrazone groups is 1. The molecule has 4 nitrogen and oxygen atoms in total. The number of benzene rings is 1. The van der Waals surface area contributed by atoms with Crippen LogP contribution in [0.5, 0.6) is 0 Å². The van der Waals surface area contributed by atoms with Crippen molar-refractivity contribution < 1.29 is 9.18 Å². The van der Waals surface area contributed by atoms with Crippen molar-refractivity contribution in [3.8, 4) is 0 Å². The van der Waals surface area contributed by atoms with Crippen LogP contribution in [0.4, 0.5) is 10.1 Å². The van der Waals surface area contributed by atoms with Crippen LogP contribution in [-0.4, -0.2) is 17.8 Å². The Kier molecular flexibility index (Phi) is 5.15. The van der Waals surface area contributed by atoms with Crippen molar-refractivity contribution in [1.82, 2.24) is 0 Å². The number of rotatable bonds is 6. The van der Waals surface area contributed by atoms with Crippen LogP contribution in [0.15, 0.2) is 51.9 Å². The molecule has 1 aliphatic rings. The quantitative estimate of drug-likeness (QED) is 0.722. The summed E-state index contributed by atoms with van der Waals surface area (Å²) in [6.45, 7) is 2.62. The molecule has 2 aromatic rings. The number of nitrogens with zero attached hydrogens (tertiary/aromatic N) is 3. The Labute approximate surface area is 144 Å². The molecule has 0 spiro atoms. The number of anilines is 1. The molecule has 2 heterocycles. The minimum atomic E-state index is -0.435. The van der Waals surface area contributed by atoms with Crippen LogP contribution in [0.2, 0.25) is 0 Å². The third-order valence-electron chi connectivity index (χ3n) is 3.72. The molecule has 1 aromatic carbocycles. The number of aliphatic imine (C=N–C) groups is 1. The summed E-state index contributed by atoms with van der Waals surface area (Å²) in [5, 5.41) is 7.80. The average molecular weight is 343 g/mol. The maximum Gasteiger partial charge on any atom is 0.261 e. The summed E-state index contributed by atoms with van der Waals surface area (Å²) in [6.07, 6.45) is 3.33. The zero-order chi connectivity index (χ0) is 16.9. The van der Waals surface area contributed by atoms with E-state index in [1.54, 1.807) is 29.7 Å². The van der Waals surface area contributed by atoms with Crippen molar-refractivity contribution >= 4 is 34.9 Å². The summed E-state index contributed by atoms with van der Waals surface area (Å²) >= 11 is 1.64. The van der Waals surface area contributed by atoms with Gasteiger partial charge in [0, 0.05) is 11.1 Å². The van der Waals surface area contributed by atoms with E-state index >= 15 is 0 Å². The fourth-order valence-corrected chi connectivity index (χ4v) is 3.18. The number of hydrogen-bond acceptors (Lipinski definition) is 4. The van der Waals surface area contributed by atoms with E-state index in [2.05, 4.69) is 10.1 Å². The highest BCUT2D eigenvalue weighted by Crippen LogP contribution is 2.25. The molecule has 1 aromatic heterocycles. The lowest BCUT2D eigenvalue weighted by molar-refractivity contribution is -0.118. The van der Waals surface area contributed by atoms with E-state index in [4.69, 9.17) is 0 Å². The van der Waals surface area contributed by atoms with Crippen molar-refractivity contribution in [3.05, 3.63) is 52.5 Å². The predicted octanol–water partition coefficient (Wildman–Crippen LogP) is 4.28. The molecule has 0 fully saturated rings. The average Bonchev–Trinajstić information content (AvgIpc) is 3.19. The smallest absolute Gasteiger partial charge is 0.261 e. The van der Waals surface area contributed by atoms with Gasteiger partial charge in [-0.2, -0.15) is 10.1 Å². The summed E-state index contributed by atoms with van der Waals surface area (Å²) < 4.78 is 13.1. The van der Waals surface area contributed by atoms with Crippen LogP contribution < -0.4 is 5.01 Å². The molecule has 0 saturated heterocycles. The van der Waals surface area contributed by atoms with Crippen molar-refractivity contribution in [3.63, 3.8) is 0 Å². The molecule has 24 heavy (non-hydrogen) atoms. The Hall–Kier alpha value is -2.34. The third-order valence-corrected chi connectivity index (χ3v) is 4.58. The van der Waals surface area contributed by atoms with Gasteiger partial charge in [-0.05, 0) is 42.1 Å². The molecule has 0 bridgehead atoms. The summed E-state index contributed by atoms with van der Waals surface area (Å²) in [5.74, 6) is -0.910. The molecule has 0 N–H and O–H groups in total. The first-order valence-corrected chi connectivity index (χ1v) is 8.76. The van der Waals surface area contributed by atoms with E-state index in [9.17, 15) is 9.18 Å². The highest BCUT2D eigenvalue weighted by Gasteiger charge is 2.34. The van der Waals surface area contributed by atoms with Gasteiger partial charge in [-0.1, -0.05) is 19.4 Å². The fourth-order valence-electron chi connectivity index (χ4n) is 2.54. The Bertz CT molecular complexity index is 753. The number of carbonyl (C=O) groups excluding carboxylic acids is 1. The standard InChI is InChI=1S/C18H18FN3OS/c1-2-4-17-16(12-20-11-15-5-3-10-24-15)18(23)22(21-17)14-8-6-13(19)7-9-14/h3,5-10,12,16H,2,4,11H2,1H3/t16-/m0/s1. The number of carbonyl (C=O) groups is 1. The number of hydrogen-bond donors (Lipinski definition) is 0. The molecule has 6 heteroatoms. The van der Waals surface area contributed by atoms with E-state index in [1.165, 1.54) is 17.1 Å². The fraction of sp³-hybridized carbons (Fsp3) is 0.278. The van der Waals surface area contributed by atoms with Gasteiger partial charge in [0.25, 0.3) is 5.91 Å². The third kappa shape index (κ3) is 3.59. The van der Waals surface area contributed by atoms with Crippen LogP contribution in [0.25, 0.3) is 0 Å². The van der Waals surface area contributed by atoms with E-state index < -0.39 is 5.92 Å². The maximum atomic E-state index is 13.1. The Morgan fingerprint density at radius 3 is 2.79 bits per heavy atom. The molecule has 3 rings (SSSR count). The highest BCUT2D eigenvalue weighted by atomic mass is 32.1. The monoisotopic (exact) mass is 343 g/mol. The van der Waals surface area contributed by atoms with E-state index in [0.29, 0.717) is 12.2 Å². The lowest BCUT2D eigenvalue weighted by Gasteiger charge is -2.12. The van der Waals surface area contributed by atoms with Gasteiger partial charge in [0.1, 0.15) is 11.7 Å². The molecular formula is C18H18FN3OS. The molecule has 1 aliphatic heterocycles. The van der Waals surface area contributed by atoms with Crippen LogP contribution in [0.1, 0.15) is 24.6 Å². The van der Waals surface area contributed by atoms with E-state index in [1.807, 2.05) is 24.4 Å². The van der Waals surface area contributed by atoms with Crippen molar-refractivity contribution in [1.29, 1.82) is 0 Å². The first-order valence-electron chi connectivity index (χ1n) is 7.88. The van der Waals surface area contributed by atoms with Crippen molar-refractivity contribution in [2.45, 2.75) is 26.3 Å². The van der Waals surface area contributed by atoms with Crippen LogP contribution in [0.3, 0.4) is 0 Å². The topological polar surface area (TPSA) is 45.0 Å². The van der Waals surface area contributed by atoms with Crippen LogP contribution in [0, 0.1) is 11.7 Å². The van der Waals surface area contributed by atoms with Crippen LogP contribution >= 0.6 is 11.3 Å². The predicted molar refractivity (Wildman–Crippen MR) is 96.2 cm³/mol. The molecule has 0 radical (unpaired) electrons. The largest absolute Gasteiger partial charge is 0.291 e. The minimum absolute atomic E-state index is 0.139. The zero-order valence-electron chi connectivity index (χ0n) is 13.4. The number of thiophene rings is 1. The van der Waals surface area contributed by atoms with Gasteiger partial charge in [-0.3, -0.25) is 9.79 Å². The Morgan fingerprint density at radius 2 is 2.12 bits per heavy atom. The van der Waals surface area contributed by atoms with Gasteiger partial charge in [0.15, 0.2) is 0 Å². The molecule has 1 amide bonds. The van der Waals surface area contributed by atoms with Crippen LogP contribution in [-0.2, 0) is 11.3 Å². The van der Waals surface area contributed by atoms with Crippen molar-refractivity contribution in [2.75, 3.05) is 5.01 Å². The van der Waals surface area contributed by atoms with Gasteiger partial charge in [-0.15, -0.1) is 11.3 Å². The lowest BCUT2D eigenvalue weighted by atomic mass is 10.0. The second-order valence-electron chi connectivity index (χ2n) is 5.51. The Morgan fingerprint density at radius 1 is 1.33 bits per heavy atom. The number of amides is 1. The Balaban J connectivity index is 1.78. The molecule has 0 saturated carbocycles. The summed E-state index contributed by atoms with van der Waals surface area (Å²) in [7, 11) is 0.